The minimum atomic E-state index is -0.172. The lowest BCUT2D eigenvalue weighted by molar-refractivity contribution is -0.144. The molecule has 1 fully saturated rings. The highest BCUT2D eigenvalue weighted by Crippen LogP contribution is 2.25. The van der Waals surface area contributed by atoms with Gasteiger partial charge in [-0.15, -0.1) is 0 Å². The molecule has 30 heavy (non-hydrogen) atoms. The second kappa shape index (κ2) is 8.65. The molecule has 158 valence electrons. The van der Waals surface area contributed by atoms with Crippen molar-refractivity contribution < 1.29 is 14.3 Å². The maximum atomic E-state index is 12.5. The molecule has 0 saturated carbocycles. The molecule has 0 atom stereocenters. The number of rotatable bonds is 6. The Morgan fingerprint density at radius 3 is 2.60 bits per heavy atom. The van der Waals surface area contributed by atoms with Gasteiger partial charge < -0.3 is 20.3 Å². The number of likely N-dealkylation sites (tertiary alicyclic amines) is 1. The molecule has 3 amide bonds. The smallest absolute Gasteiger partial charge is 0.326 e. The summed E-state index contributed by atoms with van der Waals surface area (Å²) < 4.78 is 5.95. The van der Waals surface area contributed by atoms with Crippen LogP contribution in [0.1, 0.15) is 26.7 Å². The average Bonchev–Trinajstić information content (AvgIpc) is 3.17. The quantitative estimate of drug-likeness (QED) is 0.756. The highest BCUT2D eigenvalue weighted by molar-refractivity contribution is 5.91. The lowest BCUT2D eigenvalue weighted by Crippen LogP contribution is -2.57. The fraction of sp³-hybridized carbons (Fsp3) is 0.391. The van der Waals surface area contributed by atoms with Gasteiger partial charge in [0.1, 0.15) is 11.9 Å². The van der Waals surface area contributed by atoms with E-state index in [1.54, 1.807) is 4.90 Å². The SMILES string of the molecule is CCC(CC)C(=O)N1CC(Oc2ccc(NC(=O)N3C=C4C=CNC=C4C3)cc2)C1. The van der Waals surface area contributed by atoms with Gasteiger partial charge in [-0.25, -0.2) is 4.79 Å². The zero-order valence-electron chi connectivity index (χ0n) is 17.4. The molecular weight excluding hydrogens is 380 g/mol. The molecule has 0 spiro atoms. The van der Waals surface area contributed by atoms with Crippen LogP contribution in [0, 0.1) is 5.92 Å². The van der Waals surface area contributed by atoms with Crippen LogP contribution < -0.4 is 15.4 Å². The first kappa shape index (κ1) is 20.1. The number of fused-ring (bicyclic) bond motifs is 1. The van der Waals surface area contributed by atoms with Crippen molar-refractivity contribution >= 4 is 17.6 Å². The van der Waals surface area contributed by atoms with E-state index < -0.39 is 0 Å². The molecule has 3 aliphatic rings. The molecule has 7 nitrogen and oxygen atoms in total. The molecule has 1 saturated heterocycles. The van der Waals surface area contributed by atoms with Crippen molar-refractivity contribution in [3.63, 3.8) is 0 Å². The van der Waals surface area contributed by atoms with Gasteiger partial charge in [0.05, 0.1) is 19.6 Å². The summed E-state index contributed by atoms with van der Waals surface area (Å²) in [7, 11) is 0. The van der Waals surface area contributed by atoms with Crippen molar-refractivity contribution in [2.24, 2.45) is 5.92 Å². The van der Waals surface area contributed by atoms with Crippen LogP contribution in [-0.4, -0.2) is 47.5 Å². The molecule has 3 heterocycles. The van der Waals surface area contributed by atoms with Crippen LogP contribution in [0.15, 0.2) is 60.1 Å². The Hall–Kier alpha value is -3.22. The fourth-order valence-electron chi connectivity index (χ4n) is 3.86. The summed E-state index contributed by atoms with van der Waals surface area (Å²) in [5, 5.41) is 5.95. The Balaban J connectivity index is 1.25. The Morgan fingerprint density at radius 1 is 1.20 bits per heavy atom. The molecule has 0 bridgehead atoms. The maximum Gasteiger partial charge on any atom is 0.326 e. The number of carbonyl (C=O) groups is 2. The third-order valence-corrected chi connectivity index (χ3v) is 5.79. The first-order chi connectivity index (χ1) is 14.6. The zero-order chi connectivity index (χ0) is 21.1. The van der Waals surface area contributed by atoms with Gasteiger partial charge in [-0.2, -0.15) is 0 Å². The standard InChI is InChI=1S/C23H28N4O3/c1-3-16(4-2)22(28)26-14-21(15-26)30-20-7-5-19(6-8-20)25-23(29)27-12-17-9-10-24-11-18(17)13-27/h5-12,16,21,24H,3-4,13-15H2,1-2H3,(H,25,29). The molecule has 4 rings (SSSR count). The number of ether oxygens (including phenoxy) is 1. The number of urea groups is 1. The average molecular weight is 409 g/mol. The number of benzene rings is 1. The summed E-state index contributed by atoms with van der Waals surface area (Å²) in [6.07, 6.45) is 9.34. The van der Waals surface area contributed by atoms with Crippen LogP contribution in [0.5, 0.6) is 5.75 Å². The number of amides is 3. The molecule has 1 aromatic carbocycles. The van der Waals surface area contributed by atoms with E-state index in [1.165, 1.54) is 0 Å². The van der Waals surface area contributed by atoms with E-state index >= 15 is 0 Å². The van der Waals surface area contributed by atoms with Crippen LogP contribution in [0.25, 0.3) is 0 Å². The van der Waals surface area contributed by atoms with Gasteiger partial charge in [0, 0.05) is 30.2 Å². The molecule has 1 aromatic rings. The zero-order valence-corrected chi connectivity index (χ0v) is 17.4. The van der Waals surface area contributed by atoms with Crippen molar-refractivity contribution in [3.8, 4) is 5.75 Å². The van der Waals surface area contributed by atoms with Gasteiger partial charge in [0.15, 0.2) is 0 Å². The Bertz CT molecular complexity index is 894. The predicted octanol–water partition coefficient (Wildman–Crippen LogP) is 3.44. The van der Waals surface area contributed by atoms with E-state index in [0.717, 1.165) is 29.7 Å². The normalized spacial score (nSPS) is 17.7. The summed E-state index contributed by atoms with van der Waals surface area (Å²) in [6.45, 7) is 5.93. The van der Waals surface area contributed by atoms with Gasteiger partial charge in [0.25, 0.3) is 0 Å². The van der Waals surface area contributed by atoms with Crippen molar-refractivity contribution in [2.75, 3.05) is 25.0 Å². The monoisotopic (exact) mass is 408 g/mol. The van der Waals surface area contributed by atoms with E-state index in [-0.39, 0.29) is 24.0 Å². The van der Waals surface area contributed by atoms with E-state index in [9.17, 15) is 9.59 Å². The van der Waals surface area contributed by atoms with Crippen molar-refractivity contribution in [1.82, 2.24) is 15.1 Å². The summed E-state index contributed by atoms with van der Waals surface area (Å²) in [5.41, 5.74) is 2.85. The summed E-state index contributed by atoms with van der Waals surface area (Å²) >= 11 is 0. The number of hydrogen-bond donors (Lipinski definition) is 2. The molecule has 0 aromatic heterocycles. The molecule has 2 N–H and O–H groups in total. The van der Waals surface area contributed by atoms with Crippen molar-refractivity contribution in [2.45, 2.75) is 32.8 Å². The van der Waals surface area contributed by atoms with E-state index in [0.29, 0.717) is 25.3 Å². The van der Waals surface area contributed by atoms with Gasteiger partial charge in [-0.1, -0.05) is 13.8 Å². The highest BCUT2D eigenvalue weighted by Gasteiger charge is 2.34. The largest absolute Gasteiger partial charge is 0.487 e. The summed E-state index contributed by atoms with van der Waals surface area (Å²) in [4.78, 5) is 28.4. The van der Waals surface area contributed by atoms with Crippen molar-refractivity contribution in [3.05, 3.63) is 60.1 Å². The number of nitrogens with one attached hydrogen (secondary N) is 2. The van der Waals surface area contributed by atoms with E-state index in [1.807, 2.05) is 53.8 Å². The molecule has 0 radical (unpaired) electrons. The van der Waals surface area contributed by atoms with Gasteiger partial charge in [-0.3, -0.25) is 9.69 Å². The fourth-order valence-corrected chi connectivity index (χ4v) is 3.86. The second-order valence-electron chi connectivity index (χ2n) is 7.83. The summed E-state index contributed by atoms with van der Waals surface area (Å²) in [5.74, 6) is 1.09. The van der Waals surface area contributed by atoms with Crippen LogP contribution in [0.3, 0.4) is 0 Å². The maximum absolute atomic E-state index is 12.5. The lowest BCUT2D eigenvalue weighted by Gasteiger charge is -2.40. The lowest BCUT2D eigenvalue weighted by atomic mass is 9.99. The van der Waals surface area contributed by atoms with Crippen LogP contribution >= 0.6 is 0 Å². The van der Waals surface area contributed by atoms with Crippen molar-refractivity contribution in [1.29, 1.82) is 0 Å². The molecule has 3 aliphatic heterocycles. The van der Waals surface area contributed by atoms with Gasteiger partial charge in [-0.05, 0) is 54.3 Å². The third kappa shape index (κ3) is 4.20. The number of carbonyl (C=O) groups excluding carboxylic acids is 2. The molecule has 0 unspecified atom stereocenters. The van der Waals surface area contributed by atoms with Gasteiger partial charge in [0.2, 0.25) is 5.91 Å². The van der Waals surface area contributed by atoms with E-state index in [2.05, 4.69) is 24.5 Å². The first-order valence-corrected chi connectivity index (χ1v) is 10.5. The van der Waals surface area contributed by atoms with Crippen LogP contribution in [0.4, 0.5) is 10.5 Å². The predicted molar refractivity (Wildman–Crippen MR) is 116 cm³/mol. The molecular formula is C23H28N4O3. The minimum absolute atomic E-state index is 0.0262. The molecule has 7 heteroatoms. The third-order valence-electron chi connectivity index (χ3n) is 5.79. The second-order valence-corrected chi connectivity index (χ2v) is 7.83. The summed E-state index contributed by atoms with van der Waals surface area (Å²) in [6, 6.07) is 7.18. The minimum Gasteiger partial charge on any atom is -0.487 e. The number of hydrogen-bond acceptors (Lipinski definition) is 4. The Morgan fingerprint density at radius 2 is 1.93 bits per heavy atom. The number of anilines is 1. The Labute approximate surface area is 177 Å². The number of dihydropyridines is 1. The van der Waals surface area contributed by atoms with E-state index in [4.69, 9.17) is 4.74 Å². The topological polar surface area (TPSA) is 73.9 Å². The highest BCUT2D eigenvalue weighted by atomic mass is 16.5. The van der Waals surface area contributed by atoms with Crippen LogP contribution in [0.2, 0.25) is 0 Å². The van der Waals surface area contributed by atoms with Crippen LogP contribution in [-0.2, 0) is 4.79 Å². The molecule has 0 aliphatic carbocycles. The first-order valence-electron chi connectivity index (χ1n) is 10.5. The number of nitrogens with zero attached hydrogens (tertiary/aromatic N) is 2. The van der Waals surface area contributed by atoms with Gasteiger partial charge >= 0.3 is 6.03 Å². The number of allylic oxidation sites excluding steroid dienone is 1. The Kier molecular flexibility index (Phi) is 5.79.